The van der Waals surface area contributed by atoms with E-state index in [0.717, 1.165) is 6.54 Å². The zero-order valence-corrected chi connectivity index (χ0v) is 11.6. The predicted molar refractivity (Wildman–Crippen MR) is 69.2 cm³/mol. The van der Waals surface area contributed by atoms with E-state index < -0.39 is 15.6 Å². The molecule has 0 unspecified atom stereocenters. The van der Waals surface area contributed by atoms with Gasteiger partial charge in [0.05, 0.1) is 6.26 Å². The van der Waals surface area contributed by atoms with Crippen LogP contribution in [-0.4, -0.2) is 31.3 Å². The fraction of sp³-hybridized carbons (Fsp3) is 0.636. The summed E-state index contributed by atoms with van der Waals surface area (Å²) in [6.45, 7) is 5.00. The van der Waals surface area contributed by atoms with E-state index in [0.29, 0.717) is 6.54 Å². The quantitative estimate of drug-likeness (QED) is 0.779. The van der Waals surface area contributed by atoms with Crippen LogP contribution in [0.15, 0.2) is 18.3 Å². The zero-order valence-electron chi connectivity index (χ0n) is 10.8. The molecule has 1 rings (SSSR count). The number of rotatable bonds is 6. The SMILES string of the molecule is Cn1cccc1CNCC(C)(C)NS(C)(=O)=O. The molecule has 6 heteroatoms. The van der Waals surface area contributed by atoms with Crippen LogP contribution in [0.25, 0.3) is 0 Å². The molecule has 2 N–H and O–H groups in total. The summed E-state index contributed by atoms with van der Waals surface area (Å²) in [6, 6.07) is 4.01. The predicted octanol–water partition coefficient (Wildman–Crippen LogP) is 0.443. The summed E-state index contributed by atoms with van der Waals surface area (Å²) >= 11 is 0. The second-order valence-corrected chi connectivity index (χ2v) is 6.72. The maximum atomic E-state index is 11.1. The Balaban J connectivity index is 2.43. The number of aryl methyl sites for hydroxylation is 1. The minimum absolute atomic E-state index is 0.487. The normalized spacial score (nSPS) is 12.9. The zero-order chi connectivity index (χ0) is 13.1. The first-order chi connectivity index (χ1) is 7.70. The molecule has 0 aromatic carbocycles. The molecule has 0 spiro atoms. The van der Waals surface area contributed by atoms with Crippen LogP contribution in [0.1, 0.15) is 19.5 Å². The van der Waals surface area contributed by atoms with Crippen molar-refractivity contribution in [3.8, 4) is 0 Å². The van der Waals surface area contributed by atoms with Crippen LogP contribution >= 0.6 is 0 Å². The second-order valence-electron chi connectivity index (χ2n) is 4.97. The van der Waals surface area contributed by atoms with Crippen LogP contribution < -0.4 is 10.0 Å². The molecule has 0 aliphatic carbocycles. The average Bonchev–Trinajstić information content (AvgIpc) is 2.47. The van der Waals surface area contributed by atoms with Crippen LogP contribution in [0.5, 0.6) is 0 Å². The van der Waals surface area contributed by atoms with Gasteiger partial charge in [-0.05, 0) is 26.0 Å². The highest BCUT2D eigenvalue weighted by Crippen LogP contribution is 2.04. The summed E-state index contributed by atoms with van der Waals surface area (Å²) in [7, 11) is -1.19. The van der Waals surface area contributed by atoms with E-state index in [1.807, 2.05) is 43.8 Å². The molecule has 17 heavy (non-hydrogen) atoms. The van der Waals surface area contributed by atoms with E-state index in [1.54, 1.807) is 0 Å². The summed E-state index contributed by atoms with van der Waals surface area (Å²) in [4.78, 5) is 0. The third kappa shape index (κ3) is 5.34. The standard InChI is InChI=1S/C11H21N3O2S/c1-11(2,13-17(4,15)16)9-12-8-10-6-5-7-14(10)3/h5-7,12-13H,8-9H2,1-4H3. The third-order valence-corrected chi connectivity index (χ3v) is 3.31. The van der Waals surface area contributed by atoms with Crippen LogP contribution in [0.4, 0.5) is 0 Å². The van der Waals surface area contributed by atoms with Gasteiger partial charge in [0, 0.05) is 37.6 Å². The molecule has 0 aliphatic heterocycles. The van der Waals surface area contributed by atoms with Crippen molar-refractivity contribution >= 4 is 10.0 Å². The molecular weight excluding hydrogens is 238 g/mol. The lowest BCUT2D eigenvalue weighted by atomic mass is 10.1. The Kier molecular flexibility index (Phi) is 4.35. The Labute approximate surface area is 103 Å². The Morgan fingerprint density at radius 3 is 2.53 bits per heavy atom. The van der Waals surface area contributed by atoms with Gasteiger partial charge in [-0.25, -0.2) is 13.1 Å². The van der Waals surface area contributed by atoms with Crippen LogP contribution in [0.3, 0.4) is 0 Å². The van der Waals surface area contributed by atoms with E-state index >= 15 is 0 Å². The van der Waals surface area contributed by atoms with Crippen molar-refractivity contribution in [2.75, 3.05) is 12.8 Å². The van der Waals surface area contributed by atoms with Crippen molar-refractivity contribution < 1.29 is 8.42 Å². The van der Waals surface area contributed by atoms with Crippen LogP contribution in [-0.2, 0) is 23.6 Å². The molecule has 0 aliphatic rings. The van der Waals surface area contributed by atoms with Crippen molar-refractivity contribution in [2.45, 2.75) is 25.9 Å². The summed E-state index contributed by atoms with van der Waals surface area (Å²) in [5.41, 5.74) is 0.679. The minimum Gasteiger partial charge on any atom is -0.353 e. The Bertz CT molecular complexity index is 463. The highest BCUT2D eigenvalue weighted by Gasteiger charge is 2.21. The molecular formula is C11H21N3O2S. The minimum atomic E-state index is -3.17. The highest BCUT2D eigenvalue weighted by molar-refractivity contribution is 7.88. The first-order valence-corrected chi connectivity index (χ1v) is 7.39. The fourth-order valence-electron chi connectivity index (χ4n) is 1.72. The molecule has 0 saturated carbocycles. The van der Waals surface area contributed by atoms with Gasteiger partial charge in [0.25, 0.3) is 0 Å². The van der Waals surface area contributed by atoms with E-state index in [4.69, 9.17) is 0 Å². The van der Waals surface area contributed by atoms with Gasteiger partial charge in [-0.3, -0.25) is 0 Å². The van der Waals surface area contributed by atoms with E-state index in [9.17, 15) is 8.42 Å². The van der Waals surface area contributed by atoms with Crippen molar-refractivity contribution in [1.29, 1.82) is 0 Å². The Morgan fingerprint density at radius 2 is 2.06 bits per heavy atom. The lowest BCUT2D eigenvalue weighted by molar-refractivity contribution is 0.418. The Morgan fingerprint density at radius 1 is 1.41 bits per heavy atom. The maximum absolute atomic E-state index is 11.1. The average molecular weight is 259 g/mol. The van der Waals surface area contributed by atoms with Gasteiger partial charge in [-0.2, -0.15) is 0 Å². The number of sulfonamides is 1. The monoisotopic (exact) mass is 259 g/mol. The summed E-state index contributed by atoms with van der Waals surface area (Å²) in [5, 5.41) is 3.24. The first kappa shape index (κ1) is 14.2. The molecule has 0 fully saturated rings. The van der Waals surface area contributed by atoms with Crippen molar-refractivity contribution in [3.05, 3.63) is 24.0 Å². The van der Waals surface area contributed by atoms with Gasteiger partial charge in [0.15, 0.2) is 0 Å². The summed E-state index contributed by atoms with van der Waals surface area (Å²) < 4.78 is 26.9. The molecule has 0 bridgehead atoms. The van der Waals surface area contributed by atoms with Gasteiger partial charge in [-0.1, -0.05) is 0 Å². The maximum Gasteiger partial charge on any atom is 0.209 e. The number of hydrogen-bond acceptors (Lipinski definition) is 3. The second kappa shape index (κ2) is 5.20. The lowest BCUT2D eigenvalue weighted by Crippen LogP contribution is -2.49. The highest BCUT2D eigenvalue weighted by atomic mass is 32.2. The number of nitrogens with one attached hydrogen (secondary N) is 2. The van der Waals surface area contributed by atoms with Gasteiger partial charge < -0.3 is 9.88 Å². The molecule has 0 atom stereocenters. The molecule has 1 heterocycles. The largest absolute Gasteiger partial charge is 0.353 e. The van der Waals surface area contributed by atoms with Gasteiger partial charge in [-0.15, -0.1) is 0 Å². The van der Waals surface area contributed by atoms with Gasteiger partial charge >= 0.3 is 0 Å². The molecule has 1 aromatic rings. The van der Waals surface area contributed by atoms with Crippen LogP contribution in [0.2, 0.25) is 0 Å². The summed E-state index contributed by atoms with van der Waals surface area (Å²) in [6.07, 6.45) is 3.16. The van der Waals surface area contributed by atoms with Crippen molar-refractivity contribution in [2.24, 2.45) is 7.05 Å². The molecule has 0 radical (unpaired) electrons. The number of nitrogens with zero attached hydrogens (tertiary/aromatic N) is 1. The molecule has 0 amide bonds. The van der Waals surface area contributed by atoms with Crippen molar-refractivity contribution in [3.63, 3.8) is 0 Å². The van der Waals surface area contributed by atoms with Gasteiger partial charge in [0.1, 0.15) is 0 Å². The fourth-order valence-corrected chi connectivity index (χ4v) is 2.80. The molecule has 5 nitrogen and oxygen atoms in total. The third-order valence-electron chi connectivity index (χ3n) is 2.39. The number of hydrogen-bond donors (Lipinski definition) is 2. The Hall–Kier alpha value is -0.850. The topological polar surface area (TPSA) is 63.1 Å². The lowest BCUT2D eigenvalue weighted by Gasteiger charge is -2.25. The smallest absolute Gasteiger partial charge is 0.209 e. The van der Waals surface area contributed by atoms with Crippen molar-refractivity contribution in [1.82, 2.24) is 14.6 Å². The molecule has 98 valence electrons. The van der Waals surface area contributed by atoms with Gasteiger partial charge in [0.2, 0.25) is 10.0 Å². The molecule has 0 saturated heterocycles. The first-order valence-electron chi connectivity index (χ1n) is 5.49. The summed E-state index contributed by atoms with van der Waals surface area (Å²) in [5.74, 6) is 0. The van der Waals surface area contributed by atoms with E-state index in [1.165, 1.54) is 11.9 Å². The molecule has 1 aromatic heterocycles. The van der Waals surface area contributed by atoms with Crippen LogP contribution in [0, 0.1) is 0 Å². The number of aromatic nitrogens is 1. The van der Waals surface area contributed by atoms with E-state index in [-0.39, 0.29) is 0 Å². The van der Waals surface area contributed by atoms with E-state index in [2.05, 4.69) is 10.0 Å².